The van der Waals surface area contributed by atoms with E-state index in [1.807, 2.05) is 18.2 Å². The number of ether oxygens (including phenoxy) is 1. The number of fused-ring (bicyclic) bond motifs is 4. The molecule has 0 amide bonds. The second-order valence-electron chi connectivity index (χ2n) is 6.13. The molecule has 0 aromatic heterocycles. The molecule has 1 saturated carbocycles. The highest BCUT2D eigenvalue weighted by molar-refractivity contribution is 7.80. The minimum atomic E-state index is -0.383. The van der Waals surface area contributed by atoms with Crippen molar-refractivity contribution in [3.8, 4) is 5.75 Å². The van der Waals surface area contributed by atoms with E-state index in [0.717, 1.165) is 21.4 Å². The van der Waals surface area contributed by atoms with Gasteiger partial charge < -0.3 is 15.0 Å². The molecule has 1 aromatic carbocycles. The Labute approximate surface area is 129 Å². The maximum atomic E-state index is 6.38. The number of rotatable bonds is 1. The van der Waals surface area contributed by atoms with Crippen molar-refractivity contribution >= 4 is 28.9 Å². The Morgan fingerprint density at radius 3 is 2.90 bits per heavy atom. The second kappa shape index (κ2) is 4.01. The van der Waals surface area contributed by atoms with Gasteiger partial charge in [-0.15, -0.1) is 0 Å². The van der Waals surface area contributed by atoms with Gasteiger partial charge in [0.1, 0.15) is 5.75 Å². The zero-order chi connectivity index (χ0) is 14.1. The van der Waals surface area contributed by atoms with Crippen LogP contribution in [0.4, 0.5) is 0 Å². The summed E-state index contributed by atoms with van der Waals surface area (Å²) < 4.78 is 6.38. The molecule has 3 atom stereocenters. The fraction of sp³-hybridized carbons (Fsp3) is 0.533. The molecule has 106 valence electrons. The molecule has 3 aliphatic rings. The Hall–Kier alpha value is -1.00. The number of nitrogens with zero attached hydrogens (tertiary/aromatic N) is 1. The molecule has 0 spiro atoms. The zero-order valence-electron chi connectivity index (χ0n) is 11.5. The van der Waals surface area contributed by atoms with Crippen LogP contribution in [-0.4, -0.2) is 21.8 Å². The first-order valence-corrected chi connectivity index (χ1v) is 7.88. The minimum Gasteiger partial charge on any atom is -0.467 e. The Balaban J connectivity index is 1.87. The number of thiocarbonyl (C=S) groups is 1. The van der Waals surface area contributed by atoms with Gasteiger partial charge in [0.05, 0.1) is 6.04 Å². The van der Waals surface area contributed by atoms with E-state index in [2.05, 4.69) is 24.1 Å². The highest BCUT2D eigenvalue weighted by Gasteiger charge is 2.57. The van der Waals surface area contributed by atoms with Gasteiger partial charge in [-0.2, -0.15) is 0 Å². The van der Waals surface area contributed by atoms with E-state index >= 15 is 0 Å². The smallest absolute Gasteiger partial charge is 0.187 e. The minimum absolute atomic E-state index is 0.125. The third-order valence-electron chi connectivity index (χ3n) is 4.87. The van der Waals surface area contributed by atoms with Crippen molar-refractivity contribution in [3.63, 3.8) is 0 Å². The fourth-order valence-electron chi connectivity index (χ4n) is 3.51. The number of hydrogen-bond acceptors (Lipinski definition) is 2. The van der Waals surface area contributed by atoms with Crippen LogP contribution in [0.2, 0.25) is 5.02 Å². The number of halogens is 1. The van der Waals surface area contributed by atoms with Crippen LogP contribution in [0.25, 0.3) is 0 Å². The third kappa shape index (κ3) is 1.55. The molecule has 1 saturated heterocycles. The van der Waals surface area contributed by atoms with E-state index < -0.39 is 0 Å². The van der Waals surface area contributed by atoms with Crippen LogP contribution in [-0.2, 0) is 0 Å². The molecule has 2 heterocycles. The Bertz CT molecular complexity index is 604. The highest BCUT2D eigenvalue weighted by Crippen LogP contribution is 2.52. The van der Waals surface area contributed by atoms with E-state index in [4.69, 9.17) is 28.6 Å². The zero-order valence-corrected chi connectivity index (χ0v) is 13.1. The number of benzene rings is 1. The third-order valence-corrected chi connectivity index (χ3v) is 5.52. The largest absolute Gasteiger partial charge is 0.467 e. The summed E-state index contributed by atoms with van der Waals surface area (Å²) in [6, 6.07) is 6.50. The molecule has 3 nitrogen and oxygen atoms in total. The van der Waals surface area contributed by atoms with Gasteiger partial charge in [0, 0.05) is 22.5 Å². The lowest BCUT2D eigenvalue weighted by Gasteiger charge is -2.56. The monoisotopic (exact) mass is 308 g/mol. The maximum absolute atomic E-state index is 6.38. The average molecular weight is 309 g/mol. The van der Waals surface area contributed by atoms with E-state index in [9.17, 15) is 0 Å². The lowest BCUT2D eigenvalue weighted by molar-refractivity contribution is -0.114. The van der Waals surface area contributed by atoms with Crippen molar-refractivity contribution in [1.29, 1.82) is 0 Å². The number of nitrogens with one attached hydrogen (secondary N) is 1. The molecule has 5 heteroatoms. The summed E-state index contributed by atoms with van der Waals surface area (Å²) in [6.45, 7) is 4.36. The van der Waals surface area contributed by atoms with Crippen LogP contribution < -0.4 is 10.1 Å². The molecule has 2 aliphatic heterocycles. The summed E-state index contributed by atoms with van der Waals surface area (Å²) in [7, 11) is 0. The Kier molecular flexibility index (Phi) is 2.55. The van der Waals surface area contributed by atoms with Crippen molar-refractivity contribution in [3.05, 3.63) is 28.8 Å². The lowest BCUT2D eigenvalue weighted by atomic mass is 9.81. The van der Waals surface area contributed by atoms with Crippen LogP contribution in [0.1, 0.15) is 38.3 Å². The van der Waals surface area contributed by atoms with E-state index in [-0.39, 0.29) is 17.7 Å². The van der Waals surface area contributed by atoms with Crippen molar-refractivity contribution in [2.75, 3.05) is 0 Å². The van der Waals surface area contributed by atoms with Gasteiger partial charge in [-0.05, 0) is 44.1 Å². The van der Waals surface area contributed by atoms with Crippen LogP contribution >= 0.6 is 23.8 Å². The van der Waals surface area contributed by atoms with Crippen molar-refractivity contribution in [2.45, 2.75) is 44.5 Å². The van der Waals surface area contributed by atoms with Crippen LogP contribution in [0.5, 0.6) is 5.75 Å². The predicted octanol–water partition coefficient (Wildman–Crippen LogP) is 3.48. The normalized spacial score (nSPS) is 35.1. The van der Waals surface area contributed by atoms with Crippen molar-refractivity contribution in [2.24, 2.45) is 5.92 Å². The van der Waals surface area contributed by atoms with Crippen molar-refractivity contribution < 1.29 is 4.74 Å². The summed E-state index contributed by atoms with van der Waals surface area (Å²) in [5.41, 5.74) is 0.656. The lowest BCUT2D eigenvalue weighted by Crippen LogP contribution is -2.69. The number of hydrogen-bond donors (Lipinski definition) is 1. The molecule has 1 aromatic rings. The molecule has 1 aliphatic carbocycles. The van der Waals surface area contributed by atoms with Crippen LogP contribution in [0.15, 0.2) is 18.2 Å². The SMILES string of the molecule is CC1C2NC(=S)N(C3CC3)C1(C)Oc1cccc(Cl)c12. The van der Waals surface area contributed by atoms with Gasteiger partial charge in [0.25, 0.3) is 0 Å². The van der Waals surface area contributed by atoms with E-state index in [0.29, 0.717) is 6.04 Å². The highest BCUT2D eigenvalue weighted by atomic mass is 35.5. The van der Waals surface area contributed by atoms with Gasteiger partial charge in [-0.25, -0.2) is 0 Å². The van der Waals surface area contributed by atoms with Crippen LogP contribution in [0.3, 0.4) is 0 Å². The van der Waals surface area contributed by atoms with Gasteiger partial charge in [0.2, 0.25) is 0 Å². The van der Waals surface area contributed by atoms with Gasteiger partial charge in [-0.3, -0.25) is 0 Å². The first-order chi connectivity index (χ1) is 9.52. The van der Waals surface area contributed by atoms with Gasteiger partial charge in [-0.1, -0.05) is 24.6 Å². The Morgan fingerprint density at radius 1 is 1.45 bits per heavy atom. The molecular weight excluding hydrogens is 292 g/mol. The maximum Gasteiger partial charge on any atom is 0.187 e. The summed E-state index contributed by atoms with van der Waals surface area (Å²) in [6.07, 6.45) is 2.39. The van der Waals surface area contributed by atoms with Crippen LogP contribution in [0, 0.1) is 5.92 Å². The summed E-state index contributed by atoms with van der Waals surface area (Å²) in [5.74, 6) is 1.16. The summed E-state index contributed by atoms with van der Waals surface area (Å²) in [5, 5.41) is 5.03. The topological polar surface area (TPSA) is 24.5 Å². The molecule has 1 N–H and O–H groups in total. The molecule has 3 unspecified atom stereocenters. The average Bonchev–Trinajstić information content (AvgIpc) is 3.18. The molecule has 2 bridgehead atoms. The van der Waals surface area contributed by atoms with E-state index in [1.54, 1.807) is 0 Å². The predicted molar refractivity (Wildman–Crippen MR) is 83.0 cm³/mol. The fourth-order valence-corrected chi connectivity index (χ4v) is 4.25. The molecule has 0 radical (unpaired) electrons. The van der Waals surface area contributed by atoms with Crippen molar-refractivity contribution in [1.82, 2.24) is 10.2 Å². The second-order valence-corrected chi connectivity index (χ2v) is 6.92. The summed E-state index contributed by atoms with van der Waals surface area (Å²) >= 11 is 12.0. The summed E-state index contributed by atoms with van der Waals surface area (Å²) in [4.78, 5) is 2.26. The van der Waals surface area contributed by atoms with Gasteiger partial charge in [0.15, 0.2) is 10.8 Å². The van der Waals surface area contributed by atoms with Gasteiger partial charge >= 0.3 is 0 Å². The first-order valence-electron chi connectivity index (χ1n) is 7.09. The first kappa shape index (κ1) is 12.7. The molecule has 20 heavy (non-hydrogen) atoms. The Morgan fingerprint density at radius 2 is 2.20 bits per heavy atom. The molecular formula is C15H17ClN2OS. The molecule has 2 fully saturated rings. The van der Waals surface area contributed by atoms with E-state index in [1.165, 1.54) is 12.8 Å². The quantitative estimate of drug-likeness (QED) is 0.803. The standard InChI is InChI=1S/C15H17ClN2OS/c1-8-13-12-10(16)4-3-5-11(12)19-15(8,2)18(9-6-7-9)14(20)17-13/h3-5,8-9,13H,6-7H2,1-2H3,(H,17,20). The molecule has 4 rings (SSSR count).